The summed E-state index contributed by atoms with van der Waals surface area (Å²) in [5, 5.41) is 31.2. The first kappa shape index (κ1) is 14.2. The first-order valence-electron chi connectivity index (χ1n) is 4.96. The van der Waals surface area contributed by atoms with Crippen molar-refractivity contribution in [2.24, 2.45) is 10.9 Å². The predicted molar refractivity (Wildman–Crippen MR) is 65.8 cm³/mol. The van der Waals surface area contributed by atoms with Crippen molar-refractivity contribution in [1.82, 2.24) is 4.98 Å². The fourth-order valence-electron chi connectivity index (χ4n) is 1.13. The highest BCUT2D eigenvalue weighted by atomic mass is 32.2. The number of nitrogens with two attached hydrogens (primary N) is 1. The van der Waals surface area contributed by atoms with E-state index in [-0.39, 0.29) is 23.7 Å². The Morgan fingerprint density at radius 1 is 1.67 bits per heavy atom. The zero-order valence-corrected chi connectivity index (χ0v) is 10.1. The average Bonchev–Trinajstić information content (AvgIpc) is 2.38. The molecule has 0 spiro atoms. The number of aliphatic hydroxyl groups excluding tert-OH is 1. The fraction of sp³-hybridized carbons (Fsp3) is 0.333. The van der Waals surface area contributed by atoms with Gasteiger partial charge in [-0.05, 0) is 6.42 Å². The van der Waals surface area contributed by atoms with Gasteiger partial charge >= 0.3 is 0 Å². The lowest BCUT2D eigenvalue weighted by Crippen LogP contribution is -2.15. The van der Waals surface area contributed by atoms with Gasteiger partial charge in [0.15, 0.2) is 5.84 Å². The van der Waals surface area contributed by atoms with Gasteiger partial charge in [0.1, 0.15) is 11.2 Å². The van der Waals surface area contributed by atoms with Crippen molar-refractivity contribution in [1.29, 1.82) is 0 Å². The molecule has 0 saturated carbocycles. The highest BCUT2D eigenvalue weighted by Crippen LogP contribution is 2.24. The van der Waals surface area contributed by atoms with Crippen molar-refractivity contribution in [3.8, 4) is 0 Å². The number of thioether (sulfide) groups is 1. The highest BCUT2D eigenvalue weighted by molar-refractivity contribution is 7.99. The predicted octanol–water partition coefficient (Wildman–Crippen LogP) is 0.559. The summed E-state index contributed by atoms with van der Waals surface area (Å²) in [5.41, 5.74) is 5.41. The quantitative estimate of drug-likeness (QED) is 0.131. The van der Waals surface area contributed by atoms with Crippen molar-refractivity contribution < 1.29 is 15.2 Å². The van der Waals surface area contributed by atoms with Gasteiger partial charge in [-0.3, -0.25) is 10.1 Å². The number of rotatable bonds is 6. The molecule has 0 atom stereocenters. The SMILES string of the molecule is NC(=NO)c1cc([N+](=O)[O-])cnc1SCCCO. The van der Waals surface area contributed by atoms with E-state index >= 15 is 0 Å². The summed E-state index contributed by atoms with van der Waals surface area (Å²) in [6.07, 6.45) is 1.66. The van der Waals surface area contributed by atoms with E-state index in [0.29, 0.717) is 17.2 Å². The number of pyridine rings is 1. The van der Waals surface area contributed by atoms with Crippen LogP contribution in [0, 0.1) is 10.1 Å². The Morgan fingerprint density at radius 2 is 2.39 bits per heavy atom. The van der Waals surface area contributed by atoms with E-state index in [1.165, 1.54) is 17.8 Å². The van der Waals surface area contributed by atoms with Gasteiger partial charge in [-0.15, -0.1) is 11.8 Å². The molecule has 0 aliphatic rings. The number of hydrogen-bond donors (Lipinski definition) is 3. The lowest BCUT2D eigenvalue weighted by atomic mass is 10.2. The molecule has 0 bridgehead atoms. The average molecular weight is 272 g/mol. The maximum Gasteiger partial charge on any atom is 0.288 e. The van der Waals surface area contributed by atoms with Gasteiger partial charge in [0.2, 0.25) is 0 Å². The highest BCUT2D eigenvalue weighted by Gasteiger charge is 2.15. The second kappa shape index (κ2) is 6.77. The third-order valence-electron chi connectivity index (χ3n) is 1.97. The third-order valence-corrected chi connectivity index (χ3v) is 3.06. The lowest BCUT2D eigenvalue weighted by Gasteiger charge is -2.06. The second-order valence-corrected chi connectivity index (χ2v) is 4.30. The van der Waals surface area contributed by atoms with E-state index in [9.17, 15) is 10.1 Å². The summed E-state index contributed by atoms with van der Waals surface area (Å²) >= 11 is 1.27. The molecule has 0 fully saturated rings. The van der Waals surface area contributed by atoms with Gasteiger partial charge < -0.3 is 16.0 Å². The van der Waals surface area contributed by atoms with Crippen molar-refractivity contribution in [2.45, 2.75) is 11.4 Å². The normalized spacial score (nSPS) is 11.5. The maximum atomic E-state index is 10.6. The molecule has 0 amide bonds. The van der Waals surface area contributed by atoms with Crippen LogP contribution in [0.5, 0.6) is 0 Å². The molecule has 0 aliphatic heterocycles. The molecule has 1 aromatic heterocycles. The molecular weight excluding hydrogens is 260 g/mol. The minimum atomic E-state index is -0.608. The number of hydrogen-bond acceptors (Lipinski definition) is 7. The molecule has 0 aromatic carbocycles. The number of aliphatic hydroxyl groups is 1. The Labute approximate surface area is 107 Å². The molecule has 4 N–H and O–H groups in total. The van der Waals surface area contributed by atoms with Gasteiger partial charge in [0.25, 0.3) is 5.69 Å². The topological polar surface area (TPSA) is 135 Å². The van der Waals surface area contributed by atoms with Crippen molar-refractivity contribution in [3.63, 3.8) is 0 Å². The Kier molecular flexibility index (Phi) is 5.33. The van der Waals surface area contributed by atoms with Gasteiger partial charge in [-0.25, -0.2) is 4.98 Å². The second-order valence-electron chi connectivity index (χ2n) is 3.21. The van der Waals surface area contributed by atoms with E-state index in [2.05, 4.69) is 10.1 Å². The third kappa shape index (κ3) is 3.57. The monoisotopic (exact) mass is 272 g/mol. The zero-order chi connectivity index (χ0) is 13.5. The van der Waals surface area contributed by atoms with E-state index in [1.807, 2.05) is 0 Å². The van der Waals surface area contributed by atoms with Crippen LogP contribution in [0.25, 0.3) is 0 Å². The molecule has 9 heteroatoms. The molecule has 18 heavy (non-hydrogen) atoms. The molecule has 1 rings (SSSR count). The van der Waals surface area contributed by atoms with Crippen LogP contribution >= 0.6 is 11.8 Å². The molecule has 8 nitrogen and oxygen atoms in total. The van der Waals surface area contributed by atoms with Crippen molar-refractivity contribution in [2.75, 3.05) is 12.4 Å². The Morgan fingerprint density at radius 3 is 2.94 bits per heavy atom. The van der Waals surface area contributed by atoms with Crippen molar-refractivity contribution in [3.05, 3.63) is 27.9 Å². The lowest BCUT2D eigenvalue weighted by molar-refractivity contribution is -0.385. The van der Waals surface area contributed by atoms with Crippen LogP contribution in [-0.4, -0.2) is 38.4 Å². The van der Waals surface area contributed by atoms with E-state index in [1.54, 1.807) is 0 Å². The molecule has 1 heterocycles. The Hall–Kier alpha value is -1.87. The van der Waals surface area contributed by atoms with Gasteiger partial charge in [-0.2, -0.15) is 0 Å². The molecule has 0 radical (unpaired) electrons. The summed E-state index contributed by atoms with van der Waals surface area (Å²) in [6.45, 7) is 0.0406. The van der Waals surface area contributed by atoms with E-state index in [0.717, 1.165) is 6.20 Å². The zero-order valence-electron chi connectivity index (χ0n) is 9.31. The Balaban J connectivity index is 3.05. The number of nitrogens with zero attached hydrogens (tertiary/aromatic N) is 3. The molecule has 0 unspecified atom stereocenters. The number of amidine groups is 1. The molecule has 1 aromatic rings. The summed E-state index contributed by atoms with van der Waals surface area (Å²) in [7, 11) is 0. The number of aromatic nitrogens is 1. The van der Waals surface area contributed by atoms with Crippen LogP contribution in [0.1, 0.15) is 12.0 Å². The number of oxime groups is 1. The van der Waals surface area contributed by atoms with Crippen LogP contribution in [0.3, 0.4) is 0 Å². The first-order valence-corrected chi connectivity index (χ1v) is 5.94. The molecule has 0 aliphatic carbocycles. The molecule has 0 saturated heterocycles. The van der Waals surface area contributed by atoms with E-state index < -0.39 is 4.92 Å². The van der Waals surface area contributed by atoms with Crippen LogP contribution in [0.4, 0.5) is 5.69 Å². The molecular formula is C9H12N4O4S. The summed E-state index contributed by atoms with van der Waals surface area (Å²) in [4.78, 5) is 13.9. The van der Waals surface area contributed by atoms with Crippen LogP contribution in [0.2, 0.25) is 0 Å². The van der Waals surface area contributed by atoms with Gasteiger partial charge in [-0.1, -0.05) is 5.16 Å². The minimum Gasteiger partial charge on any atom is -0.409 e. The van der Waals surface area contributed by atoms with Gasteiger partial charge in [0, 0.05) is 18.4 Å². The van der Waals surface area contributed by atoms with Crippen molar-refractivity contribution >= 4 is 23.3 Å². The fourth-order valence-corrected chi connectivity index (χ4v) is 2.04. The van der Waals surface area contributed by atoms with Crippen LogP contribution in [0.15, 0.2) is 22.4 Å². The minimum absolute atomic E-state index is 0.0406. The van der Waals surface area contributed by atoms with Gasteiger partial charge in [0.05, 0.1) is 10.5 Å². The summed E-state index contributed by atoms with van der Waals surface area (Å²) in [5.74, 6) is 0.338. The largest absolute Gasteiger partial charge is 0.409 e. The molecule has 98 valence electrons. The standard InChI is InChI=1S/C9H12N4O4S/c10-8(12-15)7-4-6(13(16)17)5-11-9(7)18-3-1-2-14/h4-5,14-15H,1-3H2,(H2,10,12). The smallest absolute Gasteiger partial charge is 0.288 e. The summed E-state index contributed by atoms with van der Waals surface area (Å²) in [6, 6.07) is 1.20. The number of nitro groups is 1. The summed E-state index contributed by atoms with van der Waals surface area (Å²) < 4.78 is 0. The maximum absolute atomic E-state index is 10.6. The Bertz CT molecular complexity index is 466. The van der Waals surface area contributed by atoms with E-state index in [4.69, 9.17) is 16.0 Å². The van der Waals surface area contributed by atoms with Crippen LogP contribution in [-0.2, 0) is 0 Å². The first-order chi connectivity index (χ1) is 8.60. The van der Waals surface area contributed by atoms with Crippen LogP contribution < -0.4 is 5.73 Å².